The molecule has 1 aromatic rings. The van der Waals surface area contributed by atoms with Crippen molar-refractivity contribution in [1.82, 2.24) is 9.80 Å². The van der Waals surface area contributed by atoms with Gasteiger partial charge in [-0.25, -0.2) is 9.18 Å². The Morgan fingerprint density at radius 2 is 1.92 bits per heavy atom. The lowest BCUT2D eigenvalue weighted by Crippen LogP contribution is -2.56. The summed E-state index contributed by atoms with van der Waals surface area (Å²) in [7, 11) is 0. The molecule has 6 heteroatoms. The Balaban J connectivity index is 1.62. The zero-order valence-electron chi connectivity index (χ0n) is 16.0. The number of halogens is 1. The number of ether oxygens (including phenoxy) is 1. The third-order valence-electron chi connectivity index (χ3n) is 5.10. The monoisotopic (exact) mass is 363 g/mol. The van der Waals surface area contributed by atoms with Gasteiger partial charge in [0.25, 0.3) is 0 Å². The van der Waals surface area contributed by atoms with E-state index in [0.29, 0.717) is 25.1 Å². The van der Waals surface area contributed by atoms with Crippen molar-refractivity contribution < 1.29 is 13.9 Å². The Bertz CT molecular complexity index is 645. The van der Waals surface area contributed by atoms with Gasteiger partial charge >= 0.3 is 6.09 Å². The Morgan fingerprint density at radius 1 is 1.27 bits per heavy atom. The number of hydrogen-bond acceptors (Lipinski definition) is 4. The molecule has 1 aromatic carbocycles. The van der Waals surface area contributed by atoms with Crippen LogP contribution in [-0.4, -0.2) is 53.2 Å². The number of amides is 1. The largest absolute Gasteiger partial charge is 0.444 e. The molecule has 2 N–H and O–H groups in total. The van der Waals surface area contributed by atoms with E-state index in [-0.39, 0.29) is 24.0 Å². The van der Waals surface area contributed by atoms with Crippen LogP contribution in [0.25, 0.3) is 0 Å². The van der Waals surface area contributed by atoms with Gasteiger partial charge in [-0.05, 0) is 63.8 Å². The molecule has 144 valence electrons. The maximum Gasteiger partial charge on any atom is 0.410 e. The van der Waals surface area contributed by atoms with Gasteiger partial charge in [-0.15, -0.1) is 0 Å². The van der Waals surface area contributed by atoms with Crippen molar-refractivity contribution in [2.75, 3.05) is 19.6 Å². The number of nitrogens with zero attached hydrogens (tertiary/aromatic N) is 2. The summed E-state index contributed by atoms with van der Waals surface area (Å²) < 4.78 is 19.7. The molecule has 3 rings (SSSR count). The predicted molar refractivity (Wildman–Crippen MR) is 99.3 cm³/mol. The van der Waals surface area contributed by atoms with Crippen LogP contribution in [0.4, 0.5) is 9.18 Å². The second-order valence-corrected chi connectivity index (χ2v) is 8.43. The van der Waals surface area contributed by atoms with Crippen LogP contribution in [0.1, 0.15) is 44.7 Å². The van der Waals surface area contributed by atoms with Crippen molar-refractivity contribution in [1.29, 1.82) is 0 Å². The first-order valence-corrected chi connectivity index (χ1v) is 9.48. The average molecular weight is 363 g/mol. The number of nitrogens with two attached hydrogens (primary N) is 1. The van der Waals surface area contributed by atoms with Crippen LogP contribution in [0, 0.1) is 5.82 Å². The van der Waals surface area contributed by atoms with Gasteiger partial charge in [-0.2, -0.15) is 0 Å². The number of likely N-dealkylation sites (tertiary alicyclic amines) is 1. The van der Waals surface area contributed by atoms with Crippen molar-refractivity contribution in [3.63, 3.8) is 0 Å². The van der Waals surface area contributed by atoms with Crippen molar-refractivity contribution in [2.24, 2.45) is 5.73 Å². The fourth-order valence-corrected chi connectivity index (χ4v) is 4.04. The molecule has 2 fully saturated rings. The van der Waals surface area contributed by atoms with E-state index < -0.39 is 5.60 Å². The fourth-order valence-electron chi connectivity index (χ4n) is 4.04. The van der Waals surface area contributed by atoms with Crippen molar-refractivity contribution in [3.05, 3.63) is 35.1 Å². The number of rotatable bonds is 4. The lowest BCUT2D eigenvalue weighted by Gasteiger charge is -2.41. The number of fused-ring (bicyclic) bond motifs is 2. The maximum atomic E-state index is 14.1. The first-order valence-electron chi connectivity index (χ1n) is 9.48. The molecule has 5 nitrogen and oxygen atoms in total. The summed E-state index contributed by atoms with van der Waals surface area (Å²) in [5.74, 6) is -0.177. The van der Waals surface area contributed by atoms with Gasteiger partial charge in [0, 0.05) is 31.7 Å². The average Bonchev–Trinajstić information content (AvgIpc) is 2.80. The molecular weight excluding hydrogens is 333 g/mol. The van der Waals surface area contributed by atoms with Crippen LogP contribution in [0.5, 0.6) is 0 Å². The van der Waals surface area contributed by atoms with Gasteiger partial charge < -0.3 is 10.5 Å². The molecule has 2 saturated heterocycles. The van der Waals surface area contributed by atoms with Gasteiger partial charge in [0.1, 0.15) is 11.4 Å². The molecule has 0 aliphatic carbocycles. The van der Waals surface area contributed by atoms with Gasteiger partial charge in [-0.1, -0.05) is 12.1 Å². The SMILES string of the molecule is CC(C)(C)OC(=O)N1C2CCC1CN(Cc1ccc(CCN)c(F)c1)C2. The number of carbonyl (C=O) groups excluding carboxylic acids is 1. The molecule has 2 atom stereocenters. The van der Waals surface area contributed by atoms with Crippen molar-refractivity contribution in [2.45, 2.75) is 64.3 Å². The van der Waals surface area contributed by atoms with E-state index in [1.54, 1.807) is 6.07 Å². The molecule has 2 heterocycles. The summed E-state index contributed by atoms with van der Waals surface area (Å²) in [6, 6.07) is 5.81. The van der Waals surface area contributed by atoms with E-state index in [9.17, 15) is 9.18 Å². The minimum atomic E-state index is -0.476. The molecular formula is C20H30FN3O2. The standard InChI is InChI=1S/C20H30FN3O2/c1-20(2,3)26-19(25)24-16-6-7-17(24)13-23(12-16)11-14-4-5-15(8-9-22)18(21)10-14/h4-5,10,16-17H,6-9,11-13,22H2,1-3H3. The summed E-state index contributed by atoms with van der Waals surface area (Å²) >= 11 is 0. The molecule has 2 unspecified atom stereocenters. The first kappa shape index (κ1) is 19.1. The van der Waals surface area contributed by atoms with E-state index in [0.717, 1.165) is 31.5 Å². The topological polar surface area (TPSA) is 58.8 Å². The lowest BCUT2D eigenvalue weighted by atomic mass is 10.1. The quantitative estimate of drug-likeness (QED) is 0.894. The normalized spacial score (nSPS) is 23.3. The highest BCUT2D eigenvalue weighted by Gasteiger charge is 2.44. The summed E-state index contributed by atoms with van der Waals surface area (Å²) in [5, 5.41) is 0. The van der Waals surface area contributed by atoms with E-state index in [4.69, 9.17) is 10.5 Å². The molecule has 2 bridgehead atoms. The summed E-state index contributed by atoms with van der Waals surface area (Å²) in [5.41, 5.74) is 6.68. The zero-order chi connectivity index (χ0) is 18.9. The predicted octanol–water partition coefficient (Wildman–Crippen LogP) is 2.91. The minimum Gasteiger partial charge on any atom is -0.444 e. The van der Waals surface area contributed by atoms with E-state index in [1.165, 1.54) is 0 Å². The molecule has 26 heavy (non-hydrogen) atoms. The molecule has 2 aliphatic heterocycles. The smallest absolute Gasteiger partial charge is 0.410 e. The third-order valence-corrected chi connectivity index (χ3v) is 5.10. The summed E-state index contributed by atoms with van der Waals surface area (Å²) in [6.45, 7) is 8.45. The molecule has 0 aromatic heterocycles. The number of benzene rings is 1. The van der Waals surface area contributed by atoms with Gasteiger partial charge in [0.2, 0.25) is 0 Å². The lowest BCUT2D eigenvalue weighted by molar-refractivity contribution is -0.00542. The van der Waals surface area contributed by atoms with Crippen LogP contribution >= 0.6 is 0 Å². The Hall–Kier alpha value is -1.66. The van der Waals surface area contributed by atoms with Crippen LogP contribution in [-0.2, 0) is 17.7 Å². The van der Waals surface area contributed by atoms with Crippen LogP contribution in [0.3, 0.4) is 0 Å². The highest BCUT2D eigenvalue weighted by atomic mass is 19.1. The van der Waals surface area contributed by atoms with Gasteiger partial charge in [0.15, 0.2) is 0 Å². The second-order valence-electron chi connectivity index (χ2n) is 8.43. The van der Waals surface area contributed by atoms with Crippen LogP contribution in [0.15, 0.2) is 18.2 Å². The Morgan fingerprint density at radius 3 is 2.46 bits per heavy atom. The van der Waals surface area contributed by atoms with E-state index in [1.807, 2.05) is 37.8 Å². The fraction of sp³-hybridized carbons (Fsp3) is 0.650. The number of hydrogen-bond donors (Lipinski definition) is 1. The second kappa shape index (κ2) is 7.53. The van der Waals surface area contributed by atoms with Crippen molar-refractivity contribution >= 4 is 6.09 Å². The number of carbonyl (C=O) groups is 1. The minimum absolute atomic E-state index is 0.177. The highest BCUT2D eigenvalue weighted by Crippen LogP contribution is 2.32. The Labute approximate surface area is 155 Å². The third kappa shape index (κ3) is 4.35. The van der Waals surface area contributed by atoms with Gasteiger partial charge in [-0.3, -0.25) is 9.80 Å². The van der Waals surface area contributed by atoms with Gasteiger partial charge in [0.05, 0.1) is 0 Å². The van der Waals surface area contributed by atoms with Crippen molar-refractivity contribution in [3.8, 4) is 0 Å². The summed E-state index contributed by atoms with van der Waals surface area (Å²) in [6.07, 6.45) is 2.36. The molecule has 0 saturated carbocycles. The zero-order valence-corrected chi connectivity index (χ0v) is 16.0. The van der Waals surface area contributed by atoms with E-state index >= 15 is 0 Å². The molecule has 2 aliphatic rings. The molecule has 0 spiro atoms. The molecule has 1 amide bonds. The number of piperazine rings is 1. The first-order chi connectivity index (χ1) is 12.3. The Kier molecular flexibility index (Phi) is 5.53. The molecule has 0 radical (unpaired) electrons. The summed E-state index contributed by atoms with van der Waals surface area (Å²) in [4.78, 5) is 16.8. The van der Waals surface area contributed by atoms with E-state index in [2.05, 4.69) is 4.90 Å². The highest BCUT2D eigenvalue weighted by molar-refractivity contribution is 5.69. The van der Waals surface area contributed by atoms with Crippen LogP contribution < -0.4 is 5.73 Å². The van der Waals surface area contributed by atoms with Crippen LogP contribution in [0.2, 0.25) is 0 Å². The maximum absolute atomic E-state index is 14.1.